The lowest BCUT2D eigenvalue weighted by molar-refractivity contribution is -0.120. The smallest absolute Gasteiger partial charge is 0.161 e. The van der Waals surface area contributed by atoms with Crippen LogP contribution in [0.3, 0.4) is 0 Å². The van der Waals surface area contributed by atoms with Crippen LogP contribution < -0.4 is 0 Å². The summed E-state index contributed by atoms with van der Waals surface area (Å²) >= 11 is 0. The summed E-state index contributed by atoms with van der Waals surface area (Å²) in [5, 5.41) is 0. The molecule has 0 spiro atoms. The largest absolute Gasteiger partial charge is 0.294 e. The maximum Gasteiger partial charge on any atom is 0.161 e. The first-order valence-corrected chi connectivity index (χ1v) is 7.85. The molecule has 0 saturated heterocycles. The third-order valence-electron chi connectivity index (χ3n) is 4.76. The fraction of sp³-hybridized carbons (Fsp3) is 0.700. The van der Waals surface area contributed by atoms with Gasteiger partial charge in [0.1, 0.15) is 0 Å². The highest BCUT2D eigenvalue weighted by atomic mass is 16.1. The molecular weight excluding hydrogens is 272 g/mol. The van der Waals surface area contributed by atoms with Gasteiger partial charge in [-0.05, 0) is 42.2 Å². The van der Waals surface area contributed by atoms with Gasteiger partial charge in [-0.1, -0.05) is 61.1 Å². The van der Waals surface area contributed by atoms with Gasteiger partial charge >= 0.3 is 0 Å². The van der Waals surface area contributed by atoms with Gasteiger partial charge in [-0.2, -0.15) is 0 Å². The normalized spacial score (nSPS) is 28.9. The zero-order chi connectivity index (χ0) is 16.6. The third kappa shape index (κ3) is 4.66. The molecule has 2 aliphatic rings. The van der Waals surface area contributed by atoms with Crippen LogP contribution in [0.4, 0.5) is 0 Å². The van der Waals surface area contributed by atoms with Crippen molar-refractivity contribution in [1.82, 2.24) is 0 Å². The van der Waals surface area contributed by atoms with Crippen molar-refractivity contribution in [2.45, 2.75) is 69.2 Å². The Balaban J connectivity index is 0.000000385. The quantitative estimate of drug-likeness (QED) is 0.602. The monoisotopic (exact) mass is 306 g/mol. The van der Waals surface area contributed by atoms with Crippen molar-refractivity contribution in [3.05, 3.63) is 23.3 Å². The SMILES string of the molecule is C.CC1=CC(C)(C)C(C)C1=O.CC1=CC(C)(C)CC(C)C1=O. The summed E-state index contributed by atoms with van der Waals surface area (Å²) in [6.07, 6.45) is 5.15. The Bertz CT molecular complexity index is 504. The Hall–Kier alpha value is -1.18. The fourth-order valence-corrected chi connectivity index (χ4v) is 3.42. The molecule has 0 radical (unpaired) electrons. The Morgan fingerprint density at radius 1 is 0.909 bits per heavy atom. The summed E-state index contributed by atoms with van der Waals surface area (Å²) < 4.78 is 0. The molecule has 0 aliphatic heterocycles. The Labute approximate surface area is 137 Å². The highest BCUT2D eigenvalue weighted by Gasteiger charge is 2.35. The van der Waals surface area contributed by atoms with E-state index in [4.69, 9.17) is 0 Å². The Morgan fingerprint density at radius 3 is 1.64 bits per heavy atom. The molecule has 2 atom stereocenters. The predicted octanol–water partition coefficient (Wildman–Crippen LogP) is 5.38. The molecule has 2 heteroatoms. The third-order valence-corrected chi connectivity index (χ3v) is 4.76. The fourth-order valence-electron chi connectivity index (χ4n) is 3.42. The molecule has 0 heterocycles. The molecule has 2 nitrogen and oxygen atoms in total. The summed E-state index contributed by atoms with van der Waals surface area (Å²) in [5.41, 5.74) is 2.17. The topological polar surface area (TPSA) is 34.1 Å². The van der Waals surface area contributed by atoms with Crippen LogP contribution in [0.1, 0.15) is 69.2 Å². The second kappa shape index (κ2) is 6.93. The Kier molecular flexibility index (Phi) is 6.56. The molecule has 22 heavy (non-hydrogen) atoms. The molecule has 0 bridgehead atoms. The average Bonchev–Trinajstić information content (AvgIpc) is 2.49. The molecule has 0 aromatic heterocycles. The van der Waals surface area contributed by atoms with Gasteiger partial charge in [0.05, 0.1) is 0 Å². The van der Waals surface area contributed by atoms with E-state index in [9.17, 15) is 9.59 Å². The van der Waals surface area contributed by atoms with Crippen LogP contribution in [0, 0.1) is 22.7 Å². The predicted molar refractivity (Wildman–Crippen MR) is 94.8 cm³/mol. The zero-order valence-corrected chi connectivity index (χ0v) is 14.8. The summed E-state index contributed by atoms with van der Waals surface area (Å²) in [7, 11) is 0. The highest BCUT2D eigenvalue weighted by molar-refractivity contribution is 5.99. The van der Waals surface area contributed by atoms with Crippen molar-refractivity contribution >= 4 is 11.6 Å². The van der Waals surface area contributed by atoms with Gasteiger partial charge < -0.3 is 0 Å². The lowest BCUT2D eigenvalue weighted by atomic mass is 9.74. The molecule has 0 aromatic carbocycles. The number of hydrogen-bond donors (Lipinski definition) is 0. The van der Waals surface area contributed by atoms with Gasteiger partial charge in [-0.3, -0.25) is 9.59 Å². The molecule has 0 amide bonds. The molecule has 0 aromatic rings. The van der Waals surface area contributed by atoms with Crippen molar-refractivity contribution in [2.75, 3.05) is 0 Å². The summed E-state index contributed by atoms with van der Waals surface area (Å²) in [6.45, 7) is 16.4. The average molecular weight is 306 g/mol. The van der Waals surface area contributed by atoms with E-state index in [1.807, 2.05) is 27.7 Å². The van der Waals surface area contributed by atoms with Crippen molar-refractivity contribution in [3.63, 3.8) is 0 Å². The maximum atomic E-state index is 11.3. The van der Waals surface area contributed by atoms with E-state index in [1.54, 1.807) is 0 Å². The van der Waals surface area contributed by atoms with Crippen LogP contribution in [0.2, 0.25) is 0 Å². The molecular formula is C20H34O2. The number of carbonyl (C=O) groups is 2. The van der Waals surface area contributed by atoms with Crippen LogP contribution in [0.5, 0.6) is 0 Å². The van der Waals surface area contributed by atoms with Crippen molar-refractivity contribution in [3.8, 4) is 0 Å². The number of allylic oxidation sites excluding steroid dienone is 4. The van der Waals surface area contributed by atoms with Crippen molar-refractivity contribution in [1.29, 1.82) is 0 Å². The standard InChI is InChI=1S/C10H16O.C9H14O.CH4/c1-7-5-10(3,4)6-8(2)9(7)11;1-6-5-9(3,4)7(2)8(6)10;/h5,8H,6H2,1-4H3;5,7H,1-4H3;1H4. The molecule has 2 aliphatic carbocycles. The lowest BCUT2D eigenvalue weighted by Gasteiger charge is -2.29. The van der Waals surface area contributed by atoms with Gasteiger partial charge in [-0.15, -0.1) is 0 Å². The number of Topliss-reactive ketones (excluding diaryl/α,β-unsaturated/α-hetero) is 2. The molecule has 0 N–H and O–H groups in total. The Morgan fingerprint density at radius 2 is 1.36 bits per heavy atom. The van der Waals surface area contributed by atoms with Crippen LogP contribution >= 0.6 is 0 Å². The van der Waals surface area contributed by atoms with Crippen LogP contribution in [-0.2, 0) is 9.59 Å². The minimum atomic E-state index is 0. The van der Waals surface area contributed by atoms with E-state index in [2.05, 4.69) is 39.8 Å². The first-order valence-electron chi connectivity index (χ1n) is 7.85. The minimum Gasteiger partial charge on any atom is -0.294 e. The van der Waals surface area contributed by atoms with Gasteiger partial charge in [0.2, 0.25) is 0 Å². The van der Waals surface area contributed by atoms with E-state index >= 15 is 0 Å². The van der Waals surface area contributed by atoms with Gasteiger partial charge in [0, 0.05) is 11.8 Å². The summed E-state index contributed by atoms with van der Waals surface area (Å²) in [4.78, 5) is 22.6. The second-order valence-electron chi connectivity index (χ2n) is 8.02. The van der Waals surface area contributed by atoms with E-state index < -0.39 is 0 Å². The molecule has 2 rings (SSSR count). The molecule has 2 unspecified atom stereocenters. The van der Waals surface area contributed by atoms with Crippen molar-refractivity contribution < 1.29 is 9.59 Å². The maximum absolute atomic E-state index is 11.3. The number of carbonyl (C=O) groups excluding carboxylic acids is 2. The van der Waals surface area contributed by atoms with E-state index in [0.29, 0.717) is 11.6 Å². The lowest BCUT2D eigenvalue weighted by Crippen LogP contribution is -2.26. The minimum absolute atomic E-state index is 0. The molecule has 0 fully saturated rings. The number of rotatable bonds is 0. The second-order valence-corrected chi connectivity index (χ2v) is 8.02. The first kappa shape index (κ1) is 20.8. The van der Waals surface area contributed by atoms with E-state index in [-0.39, 0.29) is 30.1 Å². The number of hydrogen-bond acceptors (Lipinski definition) is 2. The van der Waals surface area contributed by atoms with Crippen LogP contribution in [0.15, 0.2) is 23.3 Å². The van der Waals surface area contributed by atoms with E-state index in [1.165, 1.54) is 0 Å². The summed E-state index contributed by atoms with van der Waals surface area (Å²) in [6, 6.07) is 0. The van der Waals surface area contributed by atoms with E-state index in [0.717, 1.165) is 17.6 Å². The van der Waals surface area contributed by atoms with Crippen LogP contribution in [-0.4, -0.2) is 11.6 Å². The van der Waals surface area contributed by atoms with Gasteiger partial charge in [-0.25, -0.2) is 0 Å². The highest BCUT2D eigenvalue weighted by Crippen LogP contribution is 2.37. The number of ketones is 2. The summed E-state index contributed by atoms with van der Waals surface area (Å²) in [5.74, 6) is 1.02. The van der Waals surface area contributed by atoms with Crippen molar-refractivity contribution in [2.24, 2.45) is 22.7 Å². The molecule has 126 valence electrons. The first-order chi connectivity index (χ1) is 9.37. The zero-order valence-electron chi connectivity index (χ0n) is 14.8. The van der Waals surface area contributed by atoms with Gasteiger partial charge in [0.15, 0.2) is 11.6 Å². The van der Waals surface area contributed by atoms with Crippen LogP contribution in [0.25, 0.3) is 0 Å². The van der Waals surface area contributed by atoms with Gasteiger partial charge in [0.25, 0.3) is 0 Å². The molecule has 0 saturated carbocycles.